The Kier molecular flexibility index (Phi) is 6.25. The first kappa shape index (κ1) is 20.0. The second-order valence-electron chi connectivity index (χ2n) is 8.25. The molecule has 1 unspecified atom stereocenters. The summed E-state index contributed by atoms with van der Waals surface area (Å²) in [5.41, 5.74) is 2.18. The summed E-state index contributed by atoms with van der Waals surface area (Å²) in [6, 6.07) is 8.10. The van der Waals surface area contributed by atoms with Gasteiger partial charge in [0.25, 0.3) is 0 Å². The van der Waals surface area contributed by atoms with Gasteiger partial charge in [0.15, 0.2) is 0 Å². The lowest BCUT2D eigenvalue weighted by Crippen LogP contribution is -2.54. The summed E-state index contributed by atoms with van der Waals surface area (Å²) in [6.07, 6.45) is 3.53. The molecule has 156 valence electrons. The summed E-state index contributed by atoms with van der Waals surface area (Å²) in [4.78, 5) is 24.0. The fourth-order valence-corrected chi connectivity index (χ4v) is 4.17. The molecule has 4 rings (SSSR count). The maximum Gasteiger partial charge on any atom is 0.241 e. The third-order valence-electron chi connectivity index (χ3n) is 6.12. The number of hydrogen-bond acceptors (Lipinski definition) is 6. The quantitative estimate of drug-likeness (QED) is 0.773. The summed E-state index contributed by atoms with van der Waals surface area (Å²) in [5.74, 6) is 1.57. The number of hydrogen-bond donors (Lipinski definition) is 0. The first-order valence-electron chi connectivity index (χ1n) is 10.7. The highest BCUT2D eigenvalue weighted by molar-refractivity contribution is 5.81. The van der Waals surface area contributed by atoms with Crippen molar-refractivity contribution >= 4 is 5.91 Å². The normalized spacial score (nSPS) is 20.0. The first-order chi connectivity index (χ1) is 14.1. The molecule has 0 N–H and O–H groups in total. The van der Waals surface area contributed by atoms with E-state index in [2.05, 4.69) is 45.9 Å². The molecule has 7 heteroatoms. The first-order valence-corrected chi connectivity index (χ1v) is 10.7. The minimum absolute atomic E-state index is 0.0354. The second kappa shape index (κ2) is 9.05. The van der Waals surface area contributed by atoms with E-state index in [-0.39, 0.29) is 11.9 Å². The third kappa shape index (κ3) is 4.85. The Hall–Kier alpha value is -2.25. The molecule has 1 amide bonds. The summed E-state index contributed by atoms with van der Waals surface area (Å²) in [7, 11) is 0. The minimum atomic E-state index is -0.0354. The lowest BCUT2D eigenvalue weighted by Gasteiger charge is -2.39. The molecule has 0 radical (unpaired) electrons. The van der Waals surface area contributed by atoms with E-state index in [1.165, 1.54) is 12.0 Å². The monoisotopic (exact) mass is 397 g/mol. The van der Waals surface area contributed by atoms with Gasteiger partial charge >= 0.3 is 0 Å². The molecule has 0 saturated carbocycles. The van der Waals surface area contributed by atoms with E-state index in [1.807, 2.05) is 17.0 Å². The molecule has 29 heavy (non-hydrogen) atoms. The third-order valence-corrected chi connectivity index (χ3v) is 6.12. The van der Waals surface area contributed by atoms with Crippen LogP contribution in [0.15, 0.2) is 28.8 Å². The van der Waals surface area contributed by atoms with Crippen molar-refractivity contribution < 1.29 is 9.32 Å². The number of likely N-dealkylation sites (tertiary alicyclic amines) is 1. The summed E-state index contributed by atoms with van der Waals surface area (Å²) >= 11 is 0. The van der Waals surface area contributed by atoms with Crippen molar-refractivity contribution in [3.05, 3.63) is 35.7 Å². The Bertz CT molecular complexity index is 805. The van der Waals surface area contributed by atoms with E-state index in [9.17, 15) is 4.79 Å². The SMILES string of the molecule is Cc1ccc(-c2noc(CN3CCN(C(C)C(=O)N4CCCCC4)CC3)n2)cc1. The van der Waals surface area contributed by atoms with Gasteiger partial charge < -0.3 is 9.42 Å². The molecule has 0 spiro atoms. The Balaban J connectivity index is 1.28. The van der Waals surface area contributed by atoms with Crippen LogP contribution in [0.3, 0.4) is 0 Å². The van der Waals surface area contributed by atoms with E-state index in [1.54, 1.807) is 0 Å². The standard InChI is InChI=1S/C22H31N5O2/c1-17-6-8-19(9-7-17)21-23-20(29-24-21)16-25-12-14-26(15-13-25)18(2)22(28)27-10-4-3-5-11-27/h6-9,18H,3-5,10-16H2,1-2H3. The van der Waals surface area contributed by atoms with E-state index in [0.29, 0.717) is 18.3 Å². The average Bonchev–Trinajstić information content (AvgIpc) is 3.23. The molecule has 1 atom stereocenters. The van der Waals surface area contributed by atoms with Crippen LogP contribution in [0, 0.1) is 6.92 Å². The summed E-state index contributed by atoms with van der Waals surface area (Å²) in [6.45, 7) is 10.2. The molecule has 2 aliphatic heterocycles. The van der Waals surface area contributed by atoms with E-state index >= 15 is 0 Å². The zero-order chi connectivity index (χ0) is 20.2. The number of piperidine rings is 1. The molecule has 2 fully saturated rings. The highest BCUT2D eigenvalue weighted by Crippen LogP contribution is 2.18. The number of carbonyl (C=O) groups is 1. The Labute approximate surface area is 172 Å². The molecular formula is C22H31N5O2. The highest BCUT2D eigenvalue weighted by atomic mass is 16.5. The molecule has 7 nitrogen and oxygen atoms in total. The molecule has 2 aromatic rings. The topological polar surface area (TPSA) is 65.7 Å². The summed E-state index contributed by atoms with van der Waals surface area (Å²) in [5, 5.41) is 4.13. The van der Waals surface area contributed by atoms with Crippen molar-refractivity contribution in [1.82, 2.24) is 24.8 Å². The number of carbonyl (C=O) groups excluding carboxylic acids is 1. The molecule has 1 aromatic carbocycles. The maximum absolute atomic E-state index is 12.8. The van der Waals surface area contributed by atoms with Gasteiger partial charge in [-0.2, -0.15) is 4.98 Å². The van der Waals surface area contributed by atoms with Crippen molar-refractivity contribution in [3.8, 4) is 11.4 Å². The molecule has 0 bridgehead atoms. The van der Waals surface area contributed by atoms with Crippen molar-refractivity contribution in [1.29, 1.82) is 0 Å². The van der Waals surface area contributed by atoms with Crippen molar-refractivity contribution in [2.45, 2.75) is 45.7 Å². The van der Waals surface area contributed by atoms with E-state index in [4.69, 9.17) is 4.52 Å². The van der Waals surface area contributed by atoms with E-state index in [0.717, 1.165) is 57.7 Å². The van der Waals surface area contributed by atoms with Gasteiger partial charge in [0.2, 0.25) is 17.6 Å². The van der Waals surface area contributed by atoms with Gasteiger partial charge in [-0.1, -0.05) is 35.0 Å². The molecule has 2 saturated heterocycles. The van der Waals surface area contributed by atoms with Crippen LogP contribution in [0.4, 0.5) is 0 Å². The van der Waals surface area contributed by atoms with Crippen LogP contribution in [0.5, 0.6) is 0 Å². The van der Waals surface area contributed by atoms with Gasteiger partial charge in [-0.15, -0.1) is 0 Å². The molecular weight excluding hydrogens is 366 g/mol. The second-order valence-corrected chi connectivity index (χ2v) is 8.25. The van der Waals surface area contributed by atoms with Crippen molar-refractivity contribution in [2.24, 2.45) is 0 Å². The largest absolute Gasteiger partial charge is 0.341 e. The predicted molar refractivity (Wildman–Crippen MR) is 111 cm³/mol. The Morgan fingerprint density at radius 1 is 1.03 bits per heavy atom. The lowest BCUT2D eigenvalue weighted by molar-refractivity contribution is -0.138. The number of piperazine rings is 1. The van der Waals surface area contributed by atoms with Crippen molar-refractivity contribution in [2.75, 3.05) is 39.3 Å². The van der Waals surface area contributed by atoms with Gasteiger partial charge in [0.05, 0.1) is 12.6 Å². The minimum Gasteiger partial charge on any atom is -0.341 e. The van der Waals surface area contributed by atoms with Gasteiger partial charge in [-0.3, -0.25) is 14.6 Å². The highest BCUT2D eigenvalue weighted by Gasteiger charge is 2.29. The van der Waals surface area contributed by atoms with Crippen LogP contribution < -0.4 is 0 Å². The fourth-order valence-electron chi connectivity index (χ4n) is 4.17. The smallest absolute Gasteiger partial charge is 0.241 e. The molecule has 2 aliphatic rings. The fraction of sp³-hybridized carbons (Fsp3) is 0.591. The maximum atomic E-state index is 12.8. The zero-order valence-corrected chi connectivity index (χ0v) is 17.5. The van der Waals surface area contributed by atoms with Crippen LogP contribution in [-0.4, -0.2) is 76.1 Å². The summed E-state index contributed by atoms with van der Waals surface area (Å²) < 4.78 is 5.47. The van der Waals surface area contributed by atoms with Crippen LogP contribution in [0.2, 0.25) is 0 Å². The number of amides is 1. The number of rotatable bonds is 5. The van der Waals surface area contributed by atoms with Crippen LogP contribution >= 0.6 is 0 Å². The van der Waals surface area contributed by atoms with Gasteiger partial charge in [-0.05, 0) is 33.1 Å². The number of benzene rings is 1. The molecule has 3 heterocycles. The lowest BCUT2D eigenvalue weighted by atomic mass is 10.1. The van der Waals surface area contributed by atoms with Gasteiger partial charge in [-0.25, -0.2) is 0 Å². The number of nitrogens with zero attached hydrogens (tertiary/aromatic N) is 5. The van der Waals surface area contributed by atoms with Crippen LogP contribution in [-0.2, 0) is 11.3 Å². The van der Waals surface area contributed by atoms with Crippen molar-refractivity contribution in [3.63, 3.8) is 0 Å². The Morgan fingerprint density at radius 2 is 1.72 bits per heavy atom. The zero-order valence-electron chi connectivity index (χ0n) is 17.5. The van der Waals surface area contributed by atoms with Gasteiger partial charge in [0.1, 0.15) is 0 Å². The van der Waals surface area contributed by atoms with Crippen LogP contribution in [0.1, 0.15) is 37.6 Å². The van der Waals surface area contributed by atoms with Crippen LogP contribution in [0.25, 0.3) is 11.4 Å². The molecule has 1 aromatic heterocycles. The Morgan fingerprint density at radius 3 is 2.41 bits per heavy atom. The predicted octanol–water partition coefficient (Wildman–Crippen LogP) is 2.56. The van der Waals surface area contributed by atoms with E-state index < -0.39 is 0 Å². The number of aromatic nitrogens is 2. The molecule has 0 aliphatic carbocycles. The van der Waals surface area contributed by atoms with Gasteiger partial charge in [0, 0.05) is 44.8 Å². The number of aryl methyl sites for hydroxylation is 1. The average molecular weight is 398 g/mol.